The van der Waals surface area contributed by atoms with Crippen molar-refractivity contribution in [3.63, 3.8) is 0 Å². The van der Waals surface area contributed by atoms with Gasteiger partial charge in [0.15, 0.2) is 9.84 Å². The van der Waals surface area contributed by atoms with Gasteiger partial charge in [0.05, 0.1) is 18.1 Å². The fourth-order valence-corrected chi connectivity index (χ4v) is 5.06. The first-order valence-corrected chi connectivity index (χ1v) is 11.2. The highest BCUT2D eigenvalue weighted by Crippen LogP contribution is 2.24. The van der Waals surface area contributed by atoms with Crippen molar-refractivity contribution in [3.8, 4) is 5.75 Å². The number of sulfone groups is 1. The standard InChI is InChI=1S/C21H24FNO4S/c1-2-10-27-20-8-4-6-17(13-20)21(24)23(19-9-11-28(25,26)15-19)14-16-5-3-7-18(22)12-16/h3-8,12-13,19H,2,9-11,14-15H2,1H3. The van der Waals surface area contributed by atoms with E-state index in [1.165, 1.54) is 17.0 Å². The molecule has 2 aromatic carbocycles. The molecular formula is C21H24FNO4S. The van der Waals surface area contributed by atoms with Crippen LogP contribution >= 0.6 is 0 Å². The van der Waals surface area contributed by atoms with E-state index >= 15 is 0 Å². The van der Waals surface area contributed by atoms with E-state index in [1.54, 1.807) is 36.4 Å². The summed E-state index contributed by atoms with van der Waals surface area (Å²) < 4.78 is 43.1. The Bertz CT molecular complexity index is 945. The monoisotopic (exact) mass is 405 g/mol. The lowest BCUT2D eigenvalue weighted by Gasteiger charge is -2.28. The number of rotatable bonds is 7. The normalized spacial score (nSPS) is 18.0. The summed E-state index contributed by atoms with van der Waals surface area (Å²) in [5.74, 6) is -0.0886. The van der Waals surface area contributed by atoms with E-state index in [9.17, 15) is 17.6 Å². The fourth-order valence-electron chi connectivity index (χ4n) is 3.32. The molecule has 0 aromatic heterocycles. The molecule has 0 aliphatic carbocycles. The van der Waals surface area contributed by atoms with Crippen molar-refractivity contribution in [2.75, 3.05) is 18.1 Å². The largest absolute Gasteiger partial charge is 0.494 e. The maximum absolute atomic E-state index is 13.6. The van der Waals surface area contributed by atoms with Gasteiger partial charge in [0.25, 0.3) is 5.91 Å². The van der Waals surface area contributed by atoms with Crippen molar-refractivity contribution in [1.82, 2.24) is 4.90 Å². The van der Waals surface area contributed by atoms with Crippen LogP contribution in [0.5, 0.6) is 5.75 Å². The van der Waals surface area contributed by atoms with Crippen LogP contribution < -0.4 is 4.74 Å². The predicted molar refractivity (Wildman–Crippen MR) is 106 cm³/mol. The third-order valence-electron chi connectivity index (χ3n) is 4.71. The molecule has 2 aromatic rings. The second-order valence-electron chi connectivity index (χ2n) is 7.00. The van der Waals surface area contributed by atoms with Crippen LogP contribution in [0.4, 0.5) is 4.39 Å². The summed E-state index contributed by atoms with van der Waals surface area (Å²) in [6, 6.07) is 12.5. The lowest BCUT2D eigenvalue weighted by atomic mass is 10.1. The quantitative estimate of drug-likeness (QED) is 0.708. The predicted octanol–water partition coefficient (Wildman–Crippen LogP) is 3.44. The molecule has 5 nitrogen and oxygen atoms in total. The van der Waals surface area contributed by atoms with Gasteiger partial charge < -0.3 is 9.64 Å². The highest BCUT2D eigenvalue weighted by Gasteiger charge is 2.35. The number of hydrogen-bond acceptors (Lipinski definition) is 4. The number of hydrogen-bond donors (Lipinski definition) is 0. The molecule has 1 heterocycles. The SMILES string of the molecule is CCCOc1cccc(C(=O)N(Cc2cccc(F)c2)C2CCS(=O)(=O)C2)c1. The van der Waals surface area contributed by atoms with E-state index < -0.39 is 15.9 Å². The number of nitrogens with zero attached hydrogens (tertiary/aromatic N) is 1. The minimum Gasteiger partial charge on any atom is -0.494 e. The zero-order valence-corrected chi connectivity index (χ0v) is 16.6. The highest BCUT2D eigenvalue weighted by atomic mass is 32.2. The van der Waals surface area contributed by atoms with Gasteiger partial charge in [0.2, 0.25) is 0 Å². The zero-order chi connectivity index (χ0) is 20.1. The van der Waals surface area contributed by atoms with Gasteiger partial charge in [-0.15, -0.1) is 0 Å². The molecule has 1 fully saturated rings. The Labute approximate surface area is 165 Å². The van der Waals surface area contributed by atoms with E-state index in [1.807, 2.05) is 6.92 Å². The van der Waals surface area contributed by atoms with Gasteiger partial charge in [-0.3, -0.25) is 4.79 Å². The maximum Gasteiger partial charge on any atom is 0.254 e. The molecule has 0 bridgehead atoms. The molecule has 0 saturated carbocycles. The van der Waals surface area contributed by atoms with E-state index in [0.717, 1.165) is 6.42 Å². The first kappa shape index (κ1) is 20.3. The molecular weight excluding hydrogens is 381 g/mol. The average molecular weight is 405 g/mol. The van der Waals surface area contributed by atoms with Crippen LogP contribution in [-0.2, 0) is 16.4 Å². The van der Waals surface area contributed by atoms with Crippen LogP contribution in [0.2, 0.25) is 0 Å². The molecule has 1 amide bonds. The lowest BCUT2D eigenvalue weighted by molar-refractivity contribution is 0.0680. The first-order chi connectivity index (χ1) is 13.4. The Morgan fingerprint density at radius 1 is 1.21 bits per heavy atom. The molecule has 1 aliphatic heterocycles. The van der Waals surface area contributed by atoms with Crippen molar-refractivity contribution >= 4 is 15.7 Å². The van der Waals surface area contributed by atoms with Crippen molar-refractivity contribution in [2.45, 2.75) is 32.4 Å². The van der Waals surface area contributed by atoms with Crippen LogP contribution in [0, 0.1) is 5.82 Å². The summed E-state index contributed by atoms with van der Waals surface area (Å²) in [5, 5.41) is 0. The topological polar surface area (TPSA) is 63.7 Å². The molecule has 1 atom stereocenters. The smallest absolute Gasteiger partial charge is 0.254 e. The Morgan fingerprint density at radius 2 is 2.00 bits per heavy atom. The average Bonchev–Trinajstić information content (AvgIpc) is 3.03. The fraction of sp³-hybridized carbons (Fsp3) is 0.381. The van der Waals surface area contributed by atoms with E-state index in [2.05, 4.69) is 0 Å². The molecule has 28 heavy (non-hydrogen) atoms. The number of ether oxygens (including phenoxy) is 1. The van der Waals surface area contributed by atoms with Crippen LogP contribution in [0.3, 0.4) is 0 Å². The Kier molecular flexibility index (Phi) is 6.34. The van der Waals surface area contributed by atoms with E-state index in [4.69, 9.17) is 4.74 Å². The molecule has 1 unspecified atom stereocenters. The van der Waals surface area contributed by atoms with Gasteiger partial charge in [-0.25, -0.2) is 12.8 Å². The first-order valence-electron chi connectivity index (χ1n) is 9.36. The minimum absolute atomic E-state index is 0.0598. The van der Waals surface area contributed by atoms with Gasteiger partial charge in [0.1, 0.15) is 11.6 Å². The number of carbonyl (C=O) groups is 1. The third kappa shape index (κ3) is 5.10. The summed E-state index contributed by atoms with van der Waals surface area (Å²) in [5.41, 5.74) is 1.05. The van der Waals surface area contributed by atoms with Gasteiger partial charge >= 0.3 is 0 Å². The summed E-state index contributed by atoms with van der Waals surface area (Å²) in [7, 11) is -3.17. The second-order valence-corrected chi connectivity index (χ2v) is 9.22. The van der Waals surface area contributed by atoms with E-state index in [-0.39, 0.29) is 29.8 Å². The molecule has 0 N–H and O–H groups in total. The van der Waals surface area contributed by atoms with Crippen LogP contribution in [0.15, 0.2) is 48.5 Å². The summed E-state index contributed by atoms with van der Waals surface area (Å²) in [6.07, 6.45) is 1.24. The molecule has 1 aliphatic rings. The Balaban J connectivity index is 1.88. The highest BCUT2D eigenvalue weighted by molar-refractivity contribution is 7.91. The number of carbonyl (C=O) groups excluding carboxylic acids is 1. The molecule has 0 spiro atoms. The van der Waals surface area contributed by atoms with Gasteiger partial charge in [-0.05, 0) is 48.7 Å². The zero-order valence-electron chi connectivity index (χ0n) is 15.8. The van der Waals surface area contributed by atoms with Gasteiger partial charge in [-0.1, -0.05) is 25.1 Å². The van der Waals surface area contributed by atoms with Crippen molar-refractivity contribution in [3.05, 3.63) is 65.5 Å². The van der Waals surface area contributed by atoms with Crippen molar-refractivity contribution < 1.29 is 22.3 Å². The van der Waals surface area contributed by atoms with Crippen molar-refractivity contribution in [1.29, 1.82) is 0 Å². The summed E-state index contributed by atoms with van der Waals surface area (Å²) in [6.45, 7) is 2.69. The number of benzene rings is 2. The lowest BCUT2D eigenvalue weighted by Crippen LogP contribution is -2.40. The van der Waals surface area contributed by atoms with Crippen LogP contribution in [-0.4, -0.2) is 43.4 Å². The number of amides is 1. The van der Waals surface area contributed by atoms with Crippen molar-refractivity contribution in [2.24, 2.45) is 0 Å². The Morgan fingerprint density at radius 3 is 2.68 bits per heavy atom. The molecule has 7 heteroatoms. The maximum atomic E-state index is 13.6. The Hall–Kier alpha value is -2.41. The molecule has 1 saturated heterocycles. The molecule has 3 rings (SSSR count). The third-order valence-corrected chi connectivity index (χ3v) is 6.46. The molecule has 150 valence electrons. The van der Waals surface area contributed by atoms with Gasteiger partial charge in [-0.2, -0.15) is 0 Å². The molecule has 0 radical (unpaired) electrons. The van der Waals surface area contributed by atoms with Gasteiger partial charge in [0, 0.05) is 18.2 Å². The van der Waals surface area contributed by atoms with E-state index in [0.29, 0.717) is 29.9 Å². The second kappa shape index (κ2) is 8.73. The van der Waals surface area contributed by atoms with Crippen LogP contribution in [0.25, 0.3) is 0 Å². The summed E-state index contributed by atoms with van der Waals surface area (Å²) >= 11 is 0. The summed E-state index contributed by atoms with van der Waals surface area (Å²) in [4.78, 5) is 14.8. The number of halogens is 1. The van der Waals surface area contributed by atoms with Crippen LogP contribution in [0.1, 0.15) is 35.7 Å². The minimum atomic E-state index is -3.17.